The second-order valence-corrected chi connectivity index (χ2v) is 5.33. The van der Waals surface area contributed by atoms with Crippen molar-refractivity contribution in [3.05, 3.63) is 0 Å². The zero-order valence-corrected chi connectivity index (χ0v) is 11.3. The van der Waals surface area contributed by atoms with E-state index in [1.165, 1.54) is 6.42 Å². The molecule has 0 aliphatic carbocycles. The van der Waals surface area contributed by atoms with E-state index in [2.05, 4.69) is 39.9 Å². The summed E-state index contributed by atoms with van der Waals surface area (Å²) in [5, 5.41) is 3.70. The average Bonchev–Trinajstić information content (AvgIpc) is 2.10. The molecule has 0 rings (SSSR count). The summed E-state index contributed by atoms with van der Waals surface area (Å²) >= 11 is 0. The van der Waals surface area contributed by atoms with Crippen LogP contribution in [0, 0.1) is 11.8 Å². The van der Waals surface area contributed by atoms with Gasteiger partial charge in [0.2, 0.25) is 0 Å². The van der Waals surface area contributed by atoms with Gasteiger partial charge in [-0.1, -0.05) is 27.7 Å². The highest BCUT2D eigenvalue weighted by molar-refractivity contribution is 4.75. The molecule has 0 fully saturated rings. The van der Waals surface area contributed by atoms with Gasteiger partial charge in [0.05, 0.1) is 0 Å². The van der Waals surface area contributed by atoms with Crippen LogP contribution in [-0.2, 0) is 4.74 Å². The van der Waals surface area contributed by atoms with Crippen LogP contribution in [0.25, 0.3) is 0 Å². The van der Waals surface area contributed by atoms with Gasteiger partial charge in [0.15, 0.2) is 0 Å². The van der Waals surface area contributed by atoms with Crippen LogP contribution in [0.1, 0.15) is 47.5 Å². The van der Waals surface area contributed by atoms with Crippen molar-refractivity contribution < 1.29 is 4.74 Å². The second-order valence-electron chi connectivity index (χ2n) is 5.33. The van der Waals surface area contributed by atoms with Crippen LogP contribution in [-0.4, -0.2) is 25.8 Å². The Morgan fingerprint density at radius 3 is 2.07 bits per heavy atom. The van der Waals surface area contributed by atoms with E-state index in [0.717, 1.165) is 18.9 Å². The molecular weight excluding hydrogens is 186 g/mol. The van der Waals surface area contributed by atoms with Gasteiger partial charge in [-0.25, -0.2) is 0 Å². The third-order valence-corrected chi connectivity index (χ3v) is 2.76. The Labute approximate surface area is 95.8 Å². The third-order valence-electron chi connectivity index (χ3n) is 2.76. The molecule has 0 bridgehead atoms. The lowest BCUT2D eigenvalue weighted by atomic mass is 9.98. The Hall–Kier alpha value is -0.0800. The van der Waals surface area contributed by atoms with Gasteiger partial charge in [0.25, 0.3) is 0 Å². The van der Waals surface area contributed by atoms with E-state index < -0.39 is 0 Å². The van der Waals surface area contributed by atoms with Gasteiger partial charge in [0, 0.05) is 25.8 Å². The van der Waals surface area contributed by atoms with Crippen LogP contribution in [0.3, 0.4) is 0 Å². The predicted molar refractivity (Wildman–Crippen MR) is 67.2 cm³/mol. The van der Waals surface area contributed by atoms with Gasteiger partial charge in [-0.15, -0.1) is 0 Å². The number of hydrogen-bond donors (Lipinski definition) is 1. The molecule has 0 aromatic rings. The molecule has 0 heterocycles. The number of nitrogens with one attached hydrogen (secondary N) is 1. The summed E-state index contributed by atoms with van der Waals surface area (Å²) < 4.78 is 5.15. The van der Waals surface area contributed by atoms with Gasteiger partial charge in [0.1, 0.15) is 0 Å². The van der Waals surface area contributed by atoms with Crippen LogP contribution < -0.4 is 5.32 Å². The molecule has 1 N–H and O–H groups in total. The molecule has 2 atom stereocenters. The van der Waals surface area contributed by atoms with Gasteiger partial charge in [-0.3, -0.25) is 0 Å². The van der Waals surface area contributed by atoms with Crippen LogP contribution in [0.2, 0.25) is 0 Å². The highest BCUT2D eigenvalue weighted by atomic mass is 16.5. The molecule has 0 amide bonds. The van der Waals surface area contributed by atoms with Crippen LogP contribution in [0.4, 0.5) is 0 Å². The van der Waals surface area contributed by atoms with Gasteiger partial charge in [-0.05, 0) is 31.6 Å². The molecule has 0 radical (unpaired) electrons. The predicted octanol–water partition coefficient (Wildman–Crippen LogP) is 3.07. The largest absolute Gasteiger partial charge is 0.385 e. The molecule has 0 saturated heterocycles. The lowest BCUT2D eigenvalue weighted by molar-refractivity contribution is 0.169. The topological polar surface area (TPSA) is 21.3 Å². The number of rotatable bonds is 8. The Morgan fingerprint density at radius 2 is 1.67 bits per heavy atom. The molecule has 0 aromatic heterocycles. The van der Waals surface area contributed by atoms with Crippen LogP contribution in [0.15, 0.2) is 0 Å². The minimum Gasteiger partial charge on any atom is -0.385 e. The molecular formula is C13H29NO. The summed E-state index contributed by atoms with van der Waals surface area (Å²) in [7, 11) is 1.77. The van der Waals surface area contributed by atoms with Crippen molar-refractivity contribution in [2.45, 2.75) is 59.5 Å². The summed E-state index contributed by atoms with van der Waals surface area (Å²) in [6.07, 6.45) is 2.35. The van der Waals surface area contributed by atoms with Crippen LogP contribution in [0.5, 0.6) is 0 Å². The maximum absolute atomic E-state index is 5.15. The van der Waals surface area contributed by atoms with Gasteiger partial charge in [-0.2, -0.15) is 0 Å². The van der Waals surface area contributed by atoms with Crippen molar-refractivity contribution in [2.75, 3.05) is 13.7 Å². The van der Waals surface area contributed by atoms with Crippen molar-refractivity contribution in [3.8, 4) is 0 Å². The van der Waals surface area contributed by atoms with Crippen molar-refractivity contribution in [2.24, 2.45) is 11.8 Å². The molecule has 15 heavy (non-hydrogen) atoms. The van der Waals surface area contributed by atoms with E-state index in [-0.39, 0.29) is 0 Å². The van der Waals surface area contributed by atoms with E-state index in [1.807, 2.05) is 0 Å². The summed E-state index contributed by atoms with van der Waals surface area (Å²) in [4.78, 5) is 0. The minimum atomic E-state index is 0.582. The number of hydrogen-bond acceptors (Lipinski definition) is 2. The zero-order chi connectivity index (χ0) is 11.8. The van der Waals surface area contributed by atoms with E-state index in [4.69, 9.17) is 4.74 Å². The standard InChI is InChI=1S/C13H29NO/c1-10(2)9-12(5)14-13(11(3)4)7-8-15-6/h10-14H,7-9H2,1-6H3. The molecule has 0 spiro atoms. The molecule has 0 saturated carbocycles. The minimum absolute atomic E-state index is 0.582. The Bertz CT molecular complexity index is 145. The molecule has 0 aliphatic rings. The zero-order valence-electron chi connectivity index (χ0n) is 11.3. The van der Waals surface area contributed by atoms with E-state index in [1.54, 1.807) is 7.11 Å². The number of ether oxygens (including phenoxy) is 1. The Morgan fingerprint density at radius 1 is 1.07 bits per heavy atom. The fourth-order valence-corrected chi connectivity index (χ4v) is 1.99. The first kappa shape index (κ1) is 14.9. The normalized spacial score (nSPS) is 16.0. The maximum atomic E-state index is 5.15. The average molecular weight is 215 g/mol. The summed E-state index contributed by atoms with van der Waals surface area (Å²) in [6.45, 7) is 12.2. The quantitative estimate of drug-likeness (QED) is 0.672. The lowest BCUT2D eigenvalue weighted by Crippen LogP contribution is -2.41. The van der Waals surface area contributed by atoms with Crippen molar-refractivity contribution >= 4 is 0 Å². The van der Waals surface area contributed by atoms with E-state index >= 15 is 0 Å². The first-order valence-electron chi connectivity index (χ1n) is 6.22. The summed E-state index contributed by atoms with van der Waals surface area (Å²) in [6, 6.07) is 1.19. The monoisotopic (exact) mass is 215 g/mol. The first-order valence-corrected chi connectivity index (χ1v) is 6.22. The Balaban J connectivity index is 3.92. The highest BCUT2D eigenvalue weighted by Crippen LogP contribution is 2.11. The van der Waals surface area contributed by atoms with Crippen molar-refractivity contribution in [3.63, 3.8) is 0 Å². The third kappa shape index (κ3) is 7.80. The maximum Gasteiger partial charge on any atom is 0.0477 e. The molecule has 2 heteroatoms. The van der Waals surface area contributed by atoms with Gasteiger partial charge >= 0.3 is 0 Å². The molecule has 0 aromatic carbocycles. The van der Waals surface area contributed by atoms with Crippen LogP contribution >= 0.6 is 0 Å². The SMILES string of the molecule is COCCC(NC(C)CC(C)C)C(C)C. The fraction of sp³-hybridized carbons (Fsp3) is 1.00. The second kappa shape index (κ2) is 8.12. The Kier molecular flexibility index (Phi) is 8.07. The van der Waals surface area contributed by atoms with E-state index in [9.17, 15) is 0 Å². The number of methoxy groups -OCH3 is 1. The van der Waals surface area contributed by atoms with Crippen molar-refractivity contribution in [1.29, 1.82) is 0 Å². The molecule has 2 unspecified atom stereocenters. The molecule has 2 nitrogen and oxygen atoms in total. The first-order chi connectivity index (χ1) is 6.97. The summed E-state index contributed by atoms with van der Waals surface area (Å²) in [5.74, 6) is 1.44. The molecule has 92 valence electrons. The van der Waals surface area contributed by atoms with Gasteiger partial charge < -0.3 is 10.1 Å². The van der Waals surface area contributed by atoms with Crippen molar-refractivity contribution in [1.82, 2.24) is 5.32 Å². The lowest BCUT2D eigenvalue weighted by Gasteiger charge is -2.27. The smallest absolute Gasteiger partial charge is 0.0477 e. The van der Waals surface area contributed by atoms with E-state index in [0.29, 0.717) is 18.0 Å². The fourth-order valence-electron chi connectivity index (χ4n) is 1.99. The summed E-state index contributed by atoms with van der Waals surface area (Å²) in [5.41, 5.74) is 0. The molecule has 0 aliphatic heterocycles. The highest BCUT2D eigenvalue weighted by Gasteiger charge is 2.15.